The van der Waals surface area contributed by atoms with Crippen molar-refractivity contribution in [2.45, 2.75) is 36.8 Å². The first kappa shape index (κ1) is 17.5. The highest BCUT2D eigenvalue weighted by atomic mass is 16.2. The van der Waals surface area contributed by atoms with Gasteiger partial charge in [-0.05, 0) is 43.0 Å². The van der Waals surface area contributed by atoms with E-state index in [9.17, 15) is 9.59 Å². The molecular formula is C23H23N5O2. The molecule has 1 saturated carbocycles. The molecule has 2 aromatic heterocycles. The molecule has 7 heteroatoms. The van der Waals surface area contributed by atoms with Gasteiger partial charge in [-0.15, -0.1) is 0 Å². The van der Waals surface area contributed by atoms with Crippen molar-refractivity contribution < 1.29 is 9.59 Å². The fraction of sp³-hybridized carbons (Fsp3) is 0.348. The first-order chi connectivity index (χ1) is 14.6. The Kier molecular flexibility index (Phi) is 3.54. The lowest BCUT2D eigenvalue weighted by molar-refractivity contribution is -0.121. The molecular weight excluding hydrogens is 378 g/mol. The number of aryl methyl sites for hydroxylation is 1. The third-order valence-corrected chi connectivity index (χ3v) is 6.83. The minimum atomic E-state index is -0.799. The van der Waals surface area contributed by atoms with Crippen LogP contribution in [-0.4, -0.2) is 37.6 Å². The van der Waals surface area contributed by atoms with E-state index >= 15 is 0 Å². The van der Waals surface area contributed by atoms with Crippen LogP contribution in [0, 0.1) is 0 Å². The van der Waals surface area contributed by atoms with Crippen LogP contribution in [0.4, 0.5) is 5.69 Å². The quantitative estimate of drug-likeness (QED) is 0.733. The average Bonchev–Trinajstić information content (AvgIpc) is 3.10. The first-order valence-corrected chi connectivity index (χ1v) is 10.5. The molecule has 2 atom stereocenters. The van der Waals surface area contributed by atoms with Crippen molar-refractivity contribution in [2.75, 3.05) is 11.9 Å². The van der Waals surface area contributed by atoms with Gasteiger partial charge in [0.15, 0.2) is 0 Å². The second kappa shape index (κ2) is 6.08. The van der Waals surface area contributed by atoms with Crippen LogP contribution in [0.5, 0.6) is 0 Å². The molecule has 6 rings (SSSR count). The topological polar surface area (TPSA) is 72.2 Å². The highest BCUT2D eigenvalue weighted by Crippen LogP contribution is 2.55. The Hall–Kier alpha value is -3.35. The molecule has 1 N–H and O–H groups in total. The fourth-order valence-electron chi connectivity index (χ4n) is 5.34. The number of likely N-dealkylation sites (tertiary alicyclic amines) is 1. The predicted octanol–water partition coefficient (Wildman–Crippen LogP) is 3.03. The van der Waals surface area contributed by atoms with Gasteiger partial charge in [-0.3, -0.25) is 14.3 Å². The standard InChI is InChI=1S/C23H23N5O2/c1-26-14-15(13-24-26)20-23(17-5-2-3-6-18(17)25-22(23)30)10-12-28(20)21(29)19-7-4-11-27(19)16-8-9-16/h2-7,11,13-14,16,20H,8-10,12H2,1H3,(H,25,30)/t20-,23+/m0/s1. The summed E-state index contributed by atoms with van der Waals surface area (Å²) in [6.07, 6.45) is 8.51. The molecule has 0 unspecified atom stereocenters. The Morgan fingerprint density at radius 1 is 1.20 bits per heavy atom. The molecule has 1 saturated heterocycles. The second-order valence-electron chi connectivity index (χ2n) is 8.60. The number of carbonyl (C=O) groups excluding carboxylic acids is 2. The molecule has 4 heterocycles. The van der Waals surface area contributed by atoms with Crippen molar-refractivity contribution in [3.05, 3.63) is 71.8 Å². The molecule has 3 aromatic rings. The third-order valence-electron chi connectivity index (χ3n) is 6.83. The predicted molar refractivity (Wildman–Crippen MR) is 111 cm³/mol. The molecule has 1 aromatic carbocycles. The molecule has 0 bridgehead atoms. The summed E-state index contributed by atoms with van der Waals surface area (Å²) in [5, 5.41) is 7.41. The largest absolute Gasteiger partial charge is 0.340 e. The van der Waals surface area contributed by atoms with E-state index in [1.807, 2.05) is 60.7 Å². The molecule has 2 aliphatic heterocycles. The maximum Gasteiger partial charge on any atom is 0.271 e. The number of benzene rings is 1. The Bertz CT molecular complexity index is 1170. The van der Waals surface area contributed by atoms with Crippen LogP contribution >= 0.6 is 0 Å². The van der Waals surface area contributed by atoms with Crippen molar-refractivity contribution in [1.82, 2.24) is 19.2 Å². The molecule has 3 aliphatic rings. The van der Waals surface area contributed by atoms with Gasteiger partial charge in [-0.2, -0.15) is 5.10 Å². The number of hydrogen-bond acceptors (Lipinski definition) is 3. The zero-order valence-corrected chi connectivity index (χ0v) is 16.8. The maximum atomic E-state index is 13.8. The van der Waals surface area contributed by atoms with E-state index in [0.29, 0.717) is 24.7 Å². The van der Waals surface area contributed by atoms with Crippen molar-refractivity contribution in [3.63, 3.8) is 0 Å². The number of para-hydroxylation sites is 1. The summed E-state index contributed by atoms with van der Waals surface area (Å²) in [7, 11) is 1.86. The Balaban J connectivity index is 1.49. The second-order valence-corrected chi connectivity index (χ2v) is 8.60. The molecule has 7 nitrogen and oxygen atoms in total. The summed E-state index contributed by atoms with van der Waals surface area (Å²) >= 11 is 0. The summed E-state index contributed by atoms with van der Waals surface area (Å²) in [6.45, 7) is 0.524. The number of anilines is 1. The van der Waals surface area contributed by atoms with Gasteiger partial charge in [-0.25, -0.2) is 0 Å². The Labute approximate surface area is 174 Å². The highest BCUT2D eigenvalue weighted by molar-refractivity contribution is 6.08. The van der Waals surface area contributed by atoms with Gasteiger partial charge in [-0.1, -0.05) is 18.2 Å². The van der Waals surface area contributed by atoms with E-state index < -0.39 is 11.5 Å². The van der Waals surface area contributed by atoms with E-state index in [1.54, 1.807) is 10.9 Å². The van der Waals surface area contributed by atoms with Crippen LogP contribution in [0.1, 0.15) is 53.0 Å². The molecule has 1 spiro atoms. The number of amides is 2. The summed E-state index contributed by atoms with van der Waals surface area (Å²) < 4.78 is 3.83. The fourth-order valence-corrected chi connectivity index (χ4v) is 5.34. The number of nitrogens with one attached hydrogen (secondary N) is 1. The maximum absolute atomic E-state index is 13.8. The number of aromatic nitrogens is 3. The minimum Gasteiger partial charge on any atom is -0.340 e. The lowest BCUT2D eigenvalue weighted by atomic mass is 9.73. The number of nitrogens with zero attached hydrogens (tertiary/aromatic N) is 4. The zero-order chi connectivity index (χ0) is 20.5. The third kappa shape index (κ3) is 2.29. The van der Waals surface area contributed by atoms with Gasteiger partial charge in [0, 0.05) is 43.3 Å². The average molecular weight is 401 g/mol. The summed E-state index contributed by atoms with van der Waals surface area (Å²) in [5.74, 6) is -0.0553. The summed E-state index contributed by atoms with van der Waals surface area (Å²) in [5.41, 5.74) is 2.60. The van der Waals surface area contributed by atoms with E-state index in [2.05, 4.69) is 15.0 Å². The summed E-state index contributed by atoms with van der Waals surface area (Å²) in [6, 6.07) is 11.7. The van der Waals surface area contributed by atoms with Crippen LogP contribution < -0.4 is 5.32 Å². The minimum absolute atomic E-state index is 0.0187. The van der Waals surface area contributed by atoms with E-state index in [0.717, 1.165) is 29.7 Å². The monoisotopic (exact) mass is 401 g/mol. The molecule has 152 valence electrons. The van der Waals surface area contributed by atoms with Gasteiger partial charge >= 0.3 is 0 Å². The van der Waals surface area contributed by atoms with E-state index in [-0.39, 0.29) is 11.8 Å². The molecule has 30 heavy (non-hydrogen) atoms. The highest BCUT2D eigenvalue weighted by Gasteiger charge is 2.59. The van der Waals surface area contributed by atoms with Crippen LogP contribution in [-0.2, 0) is 17.3 Å². The Morgan fingerprint density at radius 3 is 2.80 bits per heavy atom. The van der Waals surface area contributed by atoms with E-state index in [1.165, 1.54) is 0 Å². The van der Waals surface area contributed by atoms with Crippen molar-refractivity contribution >= 4 is 17.5 Å². The lowest BCUT2D eigenvalue weighted by Crippen LogP contribution is -2.42. The van der Waals surface area contributed by atoms with Crippen molar-refractivity contribution in [1.29, 1.82) is 0 Å². The van der Waals surface area contributed by atoms with Gasteiger partial charge in [0.05, 0.1) is 12.2 Å². The van der Waals surface area contributed by atoms with Gasteiger partial charge in [0.2, 0.25) is 5.91 Å². The number of carbonyl (C=O) groups is 2. The lowest BCUT2D eigenvalue weighted by Gasteiger charge is -2.33. The van der Waals surface area contributed by atoms with Crippen LogP contribution in [0.25, 0.3) is 0 Å². The zero-order valence-electron chi connectivity index (χ0n) is 16.8. The molecule has 1 aliphatic carbocycles. The number of hydrogen-bond donors (Lipinski definition) is 1. The SMILES string of the molecule is Cn1cc([C@@H]2N(C(=O)c3cccn3C3CC3)CC[C@]23C(=O)Nc2ccccc23)cn1. The van der Waals surface area contributed by atoms with Gasteiger partial charge < -0.3 is 14.8 Å². The van der Waals surface area contributed by atoms with Gasteiger partial charge in [0.25, 0.3) is 5.91 Å². The first-order valence-electron chi connectivity index (χ1n) is 10.5. The number of rotatable bonds is 3. The van der Waals surface area contributed by atoms with Crippen LogP contribution in [0.3, 0.4) is 0 Å². The van der Waals surface area contributed by atoms with Crippen LogP contribution in [0.15, 0.2) is 55.0 Å². The summed E-state index contributed by atoms with van der Waals surface area (Å²) in [4.78, 5) is 29.0. The van der Waals surface area contributed by atoms with Crippen LogP contribution in [0.2, 0.25) is 0 Å². The van der Waals surface area contributed by atoms with Crippen molar-refractivity contribution in [3.8, 4) is 0 Å². The normalized spacial score (nSPS) is 25.0. The Morgan fingerprint density at radius 2 is 2.03 bits per heavy atom. The molecule has 2 fully saturated rings. The van der Waals surface area contributed by atoms with E-state index in [4.69, 9.17) is 0 Å². The molecule has 2 amide bonds. The van der Waals surface area contributed by atoms with Gasteiger partial charge in [0.1, 0.15) is 11.1 Å². The van der Waals surface area contributed by atoms with Crippen molar-refractivity contribution in [2.24, 2.45) is 7.05 Å². The number of fused-ring (bicyclic) bond motifs is 2. The molecule has 0 radical (unpaired) electrons. The smallest absolute Gasteiger partial charge is 0.271 e.